The van der Waals surface area contributed by atoms with E-state index in [0.29, 0.717) is 0 Å². The first-order valence-corrected chi connectivity index (χ1v) is 9.29. The lowest BCUT2D eigenvalue weighted by Gasteiger charge is -2.07. The highest BCUT2D eigenvalue weighted by molar-refractivity contribution is 9.11. The second-order valence-electron chi connectivity index (χ2n) is 4.33. The molecule has 0 fully saturated rings. The standard InChI is InChI=1S/C14H12Br2S2/c15-11-7-17-13-9(11)5-3-1-2-4-6-10-12(16)8-18-14(10)13/h1-2,7-8H,3-6H2/b2-1+. The van der Waals surface area contributed by atoms with E-state index in [2.05, 4.69) is 54.8 Å². The summed E-state index contributed by atoms with van der Waals surface area (Å²) in [5.74, 6) is 0. The minimum absolute atomic E-state index is 1.13. The summed E-state index contributed by atoms with van der Waals surface area (Å²) >= 11 is 11.1. The smallest absolute Gasteiger partial charge is 0.0489 e. The Hall–Kier alpha value is 0.1000. The molecule has 0 N–H and O–H groups in total. The molecule has 0 saturated heterocycles. The van der Waals surface area contributed by atoms with Crippen molar-refractivity contribution in [3.8, 4) is 9.75 Å². The maximum absolute atomic E-state index is 3.70. The lowest BCUT2D eigenvalue weighted by molar-refractivity contribution is 0.954. The van der Waals surface area contributed by atoms with E-state index in [1.54, 1.807) is 0 Å². The van der Waals surface area contributed by atoms with Crippen molar-refractivity contribution in [2.75, 3.05) is 0 Å². The van der Waals surface area contributed by atoms with Crippen LogP contribution >= 0.6 is 54.5 Å². The Morgan fingerprint density at radius 2 is 1.22 bits per heavy atom. The highest BCUT2D eigenvalue weighted by Crippen LogP contribution is 2.44. The normalized spacial score (nSPS) is 17.0. The molecular weight excluding hydrogens is 392 g/mol. The molecule has 1 aliphatic rings. The van der Waals surface area contributed by atoms with E-state index in [4.69, 9.17) is 0 Å². The number of hydrogen-bond donors (Lipinski definition) is 0. The molecule has 94 valence electrons. The number of halogens is 2. The topological polar surface area (TPSA) is 0 Å². The molecule has 4 heteroatoms. The van der Waals surface area contributed by atoms with Gasteiger partial charge in [-0.3, -0.25) is 0 Å². The average molecular weight is 404 g/mol. The van der Waals surface area contributed by atoms with Gasteiger partial charge >= 0.3 is 0 Å². The predicted octanol–water partition coefficient (Wildman–Crippen LogP) is 6.44. The Kier molecular flexibility index (Phi) is 4.09. The molecule has 0 amide bonds. The zero-order valence-corrected chi connectivity index (χ0v) is 14.5. The lowest BCUT2D eigenvalue weighted by atomic mass is 10.0. The van der Waals surface area contributed by atoms with Gasteiger partial charge in [0.25, 0.3) is 0 Å². The number of fused-ring (bicyclic) bond motifs is 3. The van der Waals surface area contributed by atoms with Crippen LogP contribution in [0.1, 0.15) is 24.0 Å². The Morgan fingerprint density at radius 1 is 0.778 bits per heavy atom. The molecule has 0 radical (unpaired) electrons. The molecule has 0 saturated carbocycles. The zero-order chi connectivity index (χ0) is 12.5. The Bertz CT molecular complexity index is 541. The van der Waals surface area contributed by atoms with Crippen molar-refractivity contribution in [1.29, 1.82) is 0 Å². The van der Waals surface area contributed by atoms with Crippen LogP contribution in [0, 0.1) is 0 Å². The van der Waals surface area contributed by atoms with Gasteiger partial charge in [-0.05, 0) is 68.7 Å². The van der Waals surface area contributed by atoms with Gasteiger partial charge in [0.1, 0.15) is 0 Å². The van der Waals surface area contributed by atoms with E-state index in [9.17, 15) is 0 Å². The summed E-state index contributed by atoms with van der Waals surface area (Å²) in [5.41, 5.74) is 2.95. The average Bonchev–Trinajstić information content (AvgIpc) is 2.90. The highest BCUT2D eigenvalue weighted by Gasteiger charge is 2.18. The van der Waals surface area contributed by atoms with Crippen LogP contribution in [0.4, 0.5) is 0 Å². The third kappa shape index (κ3) is 2.40. The van der Waals surface area contributed by atoms with Gasteiger partial charge in [-0.2, -0.15) is 0 Å². The fourth-order valence-electron chi connectivity index (χ4n) is 2.26. The quantitative estimate of drug-likeness (QED) is 0.444. The maximum atomic E-state index is 3.70. The van der Waals surface area contributed by atoms with Gasteiger partial charge in [0.2, 0.25) is 0 Å². The first-order chi connectivity index (χ1) is 8.77. The van der Waals surface area contributed by atoms with E-state index in [0.717, 1.165) is 25.7 Å². The van der Waals surface area contributed by atoms with Gasteiger partial charge in [-0.15, -0.1) is 22.7 Å². The molecule has 3 rings (SSSR count). The minimum atomic E-state index is 1.13. The van der Waals surface area contributed by atoms with Crippen LogP contribution in [0.25, 0.3) is 9.75 Å². The van der Waals surface area contributed by atoms with Crippen LogP contribution in [0.15, 0.2) is 31.9 Å². The summed E-state index contributed by atoms with van der Waals surface area (Å²) < 4.78 is 2.54. The molecule has 0 aliphatic heterocycles. The first-order valence-electron chi connectivity index (χ1n) is 5.94. The first kappa shape index (κ1) is 13.1. The third-order valence-electron chi connectivity index (χ3n) is 3.18. The summed E-state index contributed by atoms with van der Waals surface area (Å²) in [6.07, 6.45) is 9.18. The van der Waals surface area contributed by atoms with Crippen molar-refractivity contribution in [3.05, 3.63) is 43.0 Å². The van der Waals surface area contributed by atoms with E-state index >= 15 is 0 Å². The van der Waals surface area contributed by atoms with Crippen LogP contribution in [-0.4, -0.2) is 0 Å². The van der Waals surface area contributed by atoms with Gasteiger partial charge in [0.05, 0.1) is 0 Å². The van der Waals surface area contributed by atoms with Crippen LogP contribution < -0.4 is 0 Å². The largest absolute Gasteiger partial charge is 0.141 e. The maximum Gasteiger partial charge on any atom is 0.0489 e. The summed E-state index contributed by atoms with van der Waals surface area (Å²) in [7, 11) is 0. The molecular formula is C14H12Br2S2. The molecule has 0 aromatic carbocycles. The Morgan fingerprint density at radius 3 is 1.67 bits per heavy atom. The predicted molar refractivity (Wildman–Crippen MR) is 88.8 cm³/mol. The van der Waals surface area contributed by atoms with Crippen molar-refractivity contribution >= 4 is 54.5 Å². The van der Waals surface area contributed by atoms with Crippen molar-refractivity contribution < 1.29 is 0 Å². The van der Waals surface area contributed by atoms with Gasteiger partial charge in [0, 0.05) is 29.5 Å². The van der Waals surface area contributed by atoms with Crippen molar-refractivity contribution in [2.45, 2.75) is 25.7 Å². The molecule has 0 nitrogen and oxygen atoms in total. The number of allylic oxidation sites excluding steroid dienone is 2. The third-order valence-corrected chi connectivity index (χ3v) is 7.41. The van der Waals surface area contributed by atoms with Crippen LogP contribution in [0.5, 0.6) is 0 Å². The van der Waals surface area contributed by atoms with Crippen molar-refractivity contribution in [3.63, 3.8) is 0 Å². The molecule has 0 bridgehead atoms. The summed E-state index contributed by atoms with van der Waals surface area (Å²) in [6, 6.07) is 0. The fraction of sp³-hybridized carbons (Fsp3) is 0.286. The summed E-state index contributed by atoms with van der Waals surface area (Å²) in [5, 5.41) is 4.45. The van der Waals surface area contributed by atoms with Gasteiger partial charge < -0.3 is 0 Å². The zero-order valence-electron chi connectivity index (χ0n) is 9.71. The van der Waals surface area contributed by atoms with E-state index in [-0.39, 0.29) is 0 Å². The highest BCUT2D eigenvalue weighted by atomic mass is 79.9. The number of rotatable bonds is 0. The van der Waals surface area contributed by atoms with Gasteiger partial charge in [-0.1, -0.05) is 12.2 Å². The minimum Gasteiger partial charge on any atom is -0.141 e. The van der Waals surface area contributed by atoms with E-state index in [1.165, 1.54) is 29.8 Å². The molecule has 2 aromatic rings. The van der Waals surface area contributed by atoms with Gasteiger partial charge in [-0.25, -0.2) is 0 Å². The summed E-state index contributed by atoms with van der Waals surface area (Å²) in [6.45, 7) is 0. The van der Waals surface area contributed by atoms with Crippen LogP contribution in [0.2, 0.25) is 0 Å². The summed E-state index contributed by atoms with van der Waals surface area (Å²) in [4.78, 5) is 2.92. The van der Waals surface area contributed by atoms with Crippen molar-refractivity contribution in [2.24, 2.45) is 0 Å². The monoisotopic (exact) mass is 402 g/mol. The molecule has 0 spiro atoms. The Labute approximate surface area is 132 Å². The molecule has 1 aliphatic carbocycles. The molecule has 2 heterocycles. The van der Waals surface area contributed by atoms with Crippen LogP contribution in [0.3, 0.4) is 0 Å². The van der Waals surface area contributed by atoms with E-state index < -0.39 is 0 Å². The fourth-order valence-corrected chi connectivity index (χ4v) is 6.06. The van der Waals surface area contributed by atoms with E-state index in [1.807, 2.05) is 22.7 Å². The number of hydrogen-bond acceptors (Lipinski definition) is 2. The molecule has 2 aromatic heterocycles. The van der Waals surface area contributed by atoms with Crippen LogP contribution in [-0.2, 0) is 12.8 Å². The molecule has 0 unspecified atom stereocenters. The number of thiophene rings is 2. The second-order valence-corrected chi connectivity index (χ2v) is 7.80. The second kappa shape index (κ2) is 5.61. The SMILES string of the molecule is Brc1csc2c1CC/C=C/CCc1c(Br)csc1-2. The molecule has 18 heavy (non-hydrogen) atoms. The molecule has 0 atom stereocenters. The van der Waals surface area contributed by atoms with Gasteiger partial charge in [0.15, 0.2) is 0 Å². The Balaban J connectivity index is 2.17. The van der Waals surface area contributed by atoms with Crippen molar-refractivity contribution in [1.82, 2.24) is 0 Å². The lowest BCUT2D eigenvalue weighted by Crippen LogP contribution is -1.91.